The Balaban J connectivity index is 1.56. The van der Waals surface area contributed by atoms with Gasteiger partial charge in [-0.1, -0.05) is 18.2 Å². The van der Waals surface area contributed by atoms with Gasteiger partial charge in [-0.05, 0) is 36.4 Å². The van der Waals surface area contributed by atoms with Crippen LogP contribution in [-0.2, 0) is 0 Å². The average Bonchev–Trinajstić information content (AvgIpc) is 3.31. The number of hydrogen-bond donors (Lipinski definition) is 1. The lowest BCUT2D eigenvalue weighted by atomic mass is 10.1. The minimum Gasteiger partial charge on any atom is -0.491 e. The second-order valence-electron chi connectivity index (χ2n) is 6.94. The molecule has 2 heterocycles. The van der Waals surface area contributed by atoms with Crippen LogP contribution < -0.4 is 4.74 Å². The van der Waals surface area contributed by atoms with Gasteiger partial charge < -0.3 is 9.64 Å². The largest absolute Gasteiger partial charge is 0.491 e. The fourth-order valence-corrected chi connectivity index (χ4v) is 3.43. The van der Waals surface area contributed by atoms with E-state index in [2.05, 4.69) is 10.2 Å². The summed E-state index contributed by atoms with van der Waals surface area (Å²) in [6.07, 6.45) is 0.821. The summed E-state index contributed by atoms with van der Waals surface area (Å²) in [6.45, 7) is -0.738. The van der Waals surface area contributed by atoms with Crippen molar-refractivity contribution in [2.75, 3.05) is 13.2 Å². The summed E-state index contributed by atoms with van der Waals surface area (Å²) in [6, 6.07) is 13.5. The number of carbonyl (C=O) groups is 1. The van der Waals surface area contributed by atoms with E-state index in [1.165, 1.54) is 30.5 Å². The second kappa shape index (κ2) is 7.62. The summed E-state index contributed by atoms with van der Waals surface area (Å²) in [7, 11) is 0. The number of hydrogen-bond acceptors (Lipinski definition) is 3. The highest BCUT2D eigenvalue weighted by Gasteiger charge is 2.48. The molecule has 0 bridgehead atoms. The Hall–Kier alpha value is -3.29. The van der Waals surface area contributed by atoms with E-state index in [1.807, 2.05) is 6.07 Å². The van der Waals surface area contributed by atoms with E-state index < -0.39 is 36.7 Å². The number of nitrogens with zero attached hydrogens (tertiary/aromatic N) is 2. The van der Waals surface area contributed by atoms with Crippen molar-refractivity contribution in [3.05, 3.63) is 72.2 Å². The number of aromatic nitrogens is 2. The number of carbonyl (C=O) groups excluding carboxylic acids is 1. The molecular formula is C21H18F3N3O2. The Bertz CT molecular complexity index is 990. The molecule has 4 rings (SSSR count). The molecule has 0 aliphatic carbocycles. The maximum atomic E-state index is 14.1. The third-order valence-electron chi connectivity index (χ3n) is 4.83. The first kappa shape index (κ1) is 19.0. The molecule has 0 radical (unpaired) electrons. The number of nitrogens with one attached hydrogen (secondary N) is 1. The lowest BCUT2D eigenvalue weighted by Gasteiger charge is -2.24. The average molecular weight is 401 g/mol. The first-order valence-corrected chi connectivity index (χ1v) is 9.09. The molecule has 1 aliphatic heterocycles. The van der Waals surface area contributed by atoms with E-state index >= 15 is 0 Å². The van der Waals surface area contributed by atoms with Crippen LogP contribution in [-0.4, -0.2) is 46.1 Å². The summed E-state index contributed by atoms with van der Waals surface area (Å²) in [5.74, 6) is -3.44. The van der Waals surface area contributed by atoms with E-state index in [9.17, 15) is 18.0 Å². The molecule has 150 valence electrons. The molecule has 2 aromatic carbocycles. The van der Waals surface area contributed by atoms with Crippen LogP contribution in [0, 0.1) is 5.82 Å². The quantitative estimate of drug-likeness (QED) is 0.699. The number of aromatic amines is 1. The van der Waals surface area contributed by atoms with Gasteiger partial charge in [0.1, 0.15) is 18.2 Å². The molecule has 1 fully saturated rings. The van der Waals surface area contributed by atoms with Gasteiger partial charge in [0.25, 0.3) is 11.8 Å². The Kier molecular flexibility index (Phi) is 5.00. The zero-order chi connectivity index (χ0) is 20.4. The predicted octanol–water partition coefficient (Wildman–Crippen LogP) is 4.14. The predicted molar refractivity (Wildman–Crippen MR) is 100 cm³/mol. The summed E-state index contributed by atoms with van der Waals surface area (Å²) in [5, 5.41) is 6.58. The van der Waals surface area contributed by atoms with Gasteiger partial charge in [-0.3, -0.25) is 9.89 Å². The number of likely N-dealkylation sites (tertiary alicyclic amines) is 1. The SMILES string of the molecule is O=C(c1cn[nH]c1-c1ccc(F)cc1)N1CC(F)(F)C[C@H]1COc1ccccc1. The van der Waals surface area contributed by atoms with Crippen molar-refractivity contribution in [3.63, 3.8) is 0 Å². The number of benzene rings is 2. The molecule has 8 heteroatoms. The van der Waals surface area contributed by atoms with Gasteiger partial charge in [0.05, 0.1) is 30.0 Å². The fourth-order valence-electron chi connectivity index (χ4n) is 3.43. The molecule has 0 unspecified atom stereocenters. The summed E-state index contributed by atoms with van der Waals surface area (Å²) < 4.78 is 47.1. The van der Waals surface area contributed by atoms with Crippen LogP contribution in [0.1, 0.15) is 16.8 Å². The number of H-pyrrole nitrogens is 1. The molecule has 29 heavy (non-hydrogen) atoms. The van der Waals surface area contributed by atoms with Crippen LogP contribution in [0.15, 0.2) is 60.8 Å². The number of amides is 1. The number of rotatable bonds is 5. The molecule has 0 spiro atoms. The Morgan fingerprint density at radius 1 is 1.17 bits per heavy atom. The molecule has 1 aromatic heterocycles. The second-order valence-corrected chi connectivity index (χ2v) is 6.94. The van der Waals surface area contributed by atoms with E-state index in [0.717, 1.165) is 4.90 Å². The first-order valence-electron chi connectivity index (χ1n) is 9.09. The van der Waals surface area contributed by atoms with Crippen LogP contribution in [0.25, 0.3) is 11.3 Å². The lowest BCUT2D eigenvalue weighted by Crippen LogP contribution is -2.39. The van der Waals surface area contributed by atoms with Crippen molar-refractivity contribution in [2.24, 2.45) is 0 Å². The third-order valence-corrected chi connectivity index (χ3v) is 4.83. The normalized spacial score (nSPS) is 18.0. The van der Waals surface area contributed by atoms with Gasteiger partial charge in [0.2, 0.25) is 0 Å². The maximum Gasteiger partial charge on any atom is 0.267 e. The molecule has 5 nitrogen and oxygen atoms in total. The van der Waals surface area contributed by atoms with Crippen molar-refractivity contribution in [1.29, 1.82) is 0 Å². The van der Waals surface area contributed by atoms with Gasteiger partial charge in [0, 0.05) is 12.0 Å². The Morgan fingerprint density at radius 3 is 2.62 bits per heavy atom. The number of halogens is 3. The van der Waals surface area contributed by atoms with Gasteiger partial charge in [-0.25, -0.2) is 13.2 Å². The van der Waals surface area contributed by atoms with Crippen LogP contribution in [0.3, 0.4) is 0 Å². The lowest BCUT2D eigenvalue weighted by molar-refractivity contribution is 0.0116. The third kappa shape index (κ3) is 4.11. The van der Waals surface area contributed by atoms with E-state index in [0.29, 0.717) is 17.0 Å². The summed E-state index contributed by atoms with van der Waals surface area (Å²) in [4.78, 5) is 14.2. The summed E-state index contributed by atoms with van der Waals surface area (Å²) in [5.41, 5.74) is 1.04. The topological polar surface area (TPSA) is 58.2 Å². The molecule has 1 N–H and O–H groups in total. The van der Waals surface area contributed by atoms with Crippen LogP contribution >= 0.6 is 0 Å². The maximum absolute atomic E-state index is 14.1. The Labute approximate surface area is 165 Å². The van der Waals surface area contributed by atoms with Gasteiger partial charge >= 0.3 is 0 Å². The van der Waals surface area contributed by atoms with Crippen molar-refractivity contribution < 1.29 is 22.7 Å². The van der Waals surface area contributed by atoms with Crippen LogP contribution in [0.5, 0.6) is 5.75 Å². The van der Waals surface area contributed by atoms with Crippen LogP contribution in [0.4, 0.5) is 13.2 Å². The standard InChI is InChI=1S/C21H18F3N3O2/c22-15-8-6-14(7-9-15)19-18(11-25-26-19)20(28)27-13-21(23,24)10-16(27)12-29-17-4-2-1-3-5-17/h1-9,11,16H,10,12-13H2,(H,25,26)/t16-/m0/s1. The van der Waals surface area contributed by atoms with Crippen molar-refractivity contribution in [3.8, 4) is 17.0 Å². The van der Waals surface area contributed by atoms with Gasteiger partial charge in [-0.15, -0.1) is 0 Å². The minimum atomic E-state index is -3.00. The van der Waals surface area contributed by atoms with E-state index in [-0.39, 0.29) is 12.2 Å². The van der Waals surface area contributed by atoms with Crippen molar-refractivity contribution in [2.45, 2.75) is 18.4 Å². The minimum absolute atomic E-state index is 0.0466. The van der Waals surface area contributed by atoms with Crippen molar-refractivity contribution in [1.82, 2.24) is 15.1 Å². The fraction of sp³-hybridized carbons (Fsp3) is 0.238. The monoisotopic (exact) mass is 401 g/mol. The van der Waals surface area contributed by atoms with Gasteiger partial charge in [-0.2, -0.15) is 5.10 Å². The molecule has 0 saturated carbocycles. The van der Waals surface area contributed by atoms with Crippen molar-refractivity contribution >= 4 is 5.91 Å². The van der Waals surface area contributed by atoms with Gasteiger partial charge in [0.15, 0.2) is 0 Å². The molecular weight excluding hydrogens is 383 g/mol. The van der Waals surface area contributed by atoms with Crippen LogP contribution in [0.2, 0.25) is 0 Å². The number of alkyl halides is 2. The molecule has 1 atom stereocenters. The zero-order valence-corrected chi connectivity index (χ0v) is 15.3. The number of para-hydroxylation sites is 1. The molecule has 3 aromatic rings. The Morgan fingerprint density at radius 2 is 1.90 bits per heavy atom. The molecule has 1 saturated heterocycles. The smallest absolute Gasteiger partial charge is 0.267 e. The highest BCUT2D eigenvalue weighted by atomic mass is 19.3. The number of ether oxygens (including phenoxy) is 1. The summed E-state index contributed by atoms with van der Waals surface area (Å²) >= 11 is 0. The highest BCUT2D eigenvalue weighted by Crippen LogP contribution is 2.34. The molecule has 1 aliphatic rings. The zero-order valence-electron chi connectivity index (χ0n) is 15.3. The van der Waals surface area contributed by atoms with E-state index in [4.69, 9.17) is 4.74 Å². The highest BCUT2D eigenvalue weighted by molar-refractivity contribution is 6.00. The first-order chi connectivity index (χ1) is 13.9. The van der Waals surface area contributed by atoms with E-state index in [1.54, 1.807) is 24.3 Å². The molecule has 1 amide bonds.